The van der Waals surface area contributed by atoms with Gasteiger partial charge < -0.3 is 9.84 Å². The van der Waals surface area contributed by atoms with Crippen LogP contribution in [0.15, 0.2) is 24.3 Å². The van der Waals surface area contributed by atoms with Gasteiger partial charge in [-0.05, 0) is 37.5 Å². The average molecular weight is 272 g/mol. The average Bonchev–Trinajstić information content (AvgIpc) is 2.27. The summed E-state index contributed by atoms with van der Waals surface area (Å²) in [6, 6.07) is 6.71. The molecule has 1 atom stereocenters. The van der Waals surface area contributed by atoms with E-state index in [0.29, 0.717) is 11.3 Å². The third kappa shape index (κ3) is 4.16. The molecule has 0 spiro atoms. The molecule has 0 saturated heterocycles. The summed E-state index contributed by atoms with van der Waals surface area (Å²) in [5.41, 5.74) is -1.01. The lowest BCUT2D eigenvalue weighted by Crippen LogP contribution is -2.34. The number of ether oxygens (including phenoxy) is 1. The third-order valence-electron chi connectivity index (χ3n) is 3.15. The first-order valence-corrected chi connectivity index (χ1v) is 6.53. The fourth-order valence-electron chi connectivity index (χ4n) is 2.02. The molecule has 0 radical (unpaired) electrons. The first-order chi connectivity index (χ1) is 8.75. The topological polar surface area (TPSA) is 29.5 Å². The second-order valence-corrected chi connectivity index (χ2v) is 5.37. The van der Waals surface area contributed by atoms with Crippen LogP contribution in [0.3, 0.4) is 0 Å². The van der Waals surface area contributed by atoms with Gasteiger partial charge in [-0.15, -0.1) is 0 Å². The maximum atomic E-state index is 12.6. The first kappa shape index (κ1) is 15.9. The molecule has 0 amide bonds. The van der Waals surface area contributed by atoms with Gasteiger partial charge in [0.1, 0.15) is 5.75 Å². The molecule has 4 heteroatoms. The largest absolute Gasteiger partial charge is 0.491 e. The molecule has 0 saturated carbocycles. The molecular formula is C15H22F2O2. The molecular weight excluding hydrogens is 250 g/mol. The van der Waals surface area contributed by atoms with Crippen LogP contribution in [0.2, 0.25) is 0 Å². The van der Waals surface area contributed by atoms with Gasteiger partial charge in [0, 0.05) is 6.42 Å². The van der Waals surface area contributed by atoms with Gasteiger partial charge in [0.2, 0.25) is 6.43 Å². The Kier molecular flexibility index (Phi) is 5.29. The number of alkyl halides is 2. The van der Waals surface area contributed by atoms with E-state index in [2.05, 4.69) is 0 Å². The zero-order chi connectivity index (χ0) is 14.6. The minimum atomic E-state index is -2.54. The van der Waals surface area contributed by atoms with E-state index in [0.717, 1.165) is 0 Å². The van der Waals surface area contributed by atoms with Gasteiger partial charge in [-0.1, -0.05) is 26.0 Å². The summed E-state index contributed by atoms with van der Waals surface area (Å²) in [5, 5.41) is 10.5. The van der Waals surface area contributed by atoms with Crippen molar-refractivity contribution >= 4 is 0 Å². The van der Waals surface area contributed by atoms with Gasteiger partial charge in [0.25, 0.3) is 0 Å². The quantitative estimate of drug-likeness (QED) is 0.849. The van der Waals surface area contributed by atoms with Gasteiger partial charge in [0.05, 0.1) is 11.7 Å². The lowest BCUT2D eigenvalue weighted by molar-refractivity contribution is -0.0606. The van der Waals surface area contributed by atoms with Crippen molar-refractivity contribution < 1.29 is 18.6 Å². The summed E-state index contributed by atoms with van der Waals surface area (Å²) in [5.74, 6) is 0.375. The second-order valence-electron chi connectivity index (χ2n) is 5.37. The molecule has 0 heterocycles. The fraction of sp³-hybridized carbons (Fsp3) is 0.600. The van der Waals surface area contributed by atoms with Gasteiger partial charge >= 0.3 is 0 Å². The van der Waals surface area contributed by atoms with E-state index in [1.165, 1.54) is 0 Å². The Morgan fingerprint density at radius 1 is 1.11 bits per heavy atom. The minimum Gasteiger partial charge on any atom is -0.491 e. The SMILES string of the molecule is CC(C)Oc1ccc(C(O)(CC(F)F)C(C)C)cc1. The molecule has 0 aliphatic heterocycles. The van der Waals surface area contributed by atoms with Crippen LogP contribution in [-0.2, 0) is 5.60 Å². The molecule has 108 valence electrons. The number of hydrogen-bond acceptors (Lipinski definition) is 2. The van der Waals surface area contributed by atoms with Gasteiger partial charge in [-0.25, -0.2) is 8.78 Å². The van der Waals surface area contributed by atoms with Crippen molar-refractivity contribution in [2.24, 2.45) is 5.92 Å². The Bertz CT molecular complexity index is 388. The highest BCUT2D eigenvalue weighted by Crippen LogP contribution is 2.36. The molecule has 1 aromatic rings. The molecule has 1 rings (SSSR count). The van der Waals surface area contributed by atoms with Gasteiger partial charge in [0.15, 0.2) is 0 Å². The molecule has 0 bridgehead atoms. The van der Waals surface area contributed by atoms with Crippen LogP contribution in [0, 0.1) is 5.92 Å². The number of benzene rings is 1. The molecule has 19 heavy (non-hydrogen) atoms. The maximum absolute atomic E-state index is 12.6. The van der Waals surface area contributed by atoms with E-state index in [9.17, 15) is 13.9 Å². The van der Waals surface area contributed by atoms with Crippen molar-refractivity contribution in [1.82, 2.24) is 0 Å². The van der Waals surface area contributed by atoms with Crippen LogP contribution in [0.4, 0.5) is 8.78 Å². The highest BCUT2D eigenvalue weighted by molar-refractivity contribution is 5.31. The summed E-state index contributed by atoms with van der Waals surface area (Å²) in [6.45, 7) is 7.30. The van der Waals surface area contributed by atoms with Crippen LogP contribution in [-0.4, -0.2) is 17.6 Å². The zero-order valence-corrected chi connectivity index (χ0v) is 11.9. The number of halogens is 2. The summed E-state index contributed by atoms with van der Waals surface area (Å²) < 4.78 is 30.8. The van der Waals surface area contributed by atoms with Gasteiger partial charge in [-0.2, -0.15) is 0 Å². The lowest BCUT2D eigenvalue weighted by atomic mass is 9.81. The van der Waals surface area contributed by atoms with Crippen molar-refractivity contribution in [2.45, 2.75) is 52.2 Å². The molecule has 2 nitrogen and oxygen atoms in total. The van der Waals surface area contributed by atoms with E-state index in [1.807, 2.05) is 13.8 Å². The lowest BCUT2D eigenvalue weighted by Gasteiger charge is -2.32. The summed E-state index contributed by atoms with van der Waals surface area (Å²) >= 11 is 0. The van der Waals surface area contributed by atoms with Crippen LogP contribution in [0.5, 0.6) is 5.75 Å². The predicted octanol–water partition coefficient (Wildman–Crippen LogP) is 3.97. The molecule has 1 unspecified atom stereocenters. The summed E-state index contributed by atoms with van der Waals surface area (Å²) in [7, 11) is 0. The number of aliphatic hydroxyl groups is 1. The van der Waals surface area contributed by atoms with E-state index >= 15 is 0 Å². The van der Waals surface area contributed by atoms with Gasteiger partial charge in [-0.3, -0.25) is 0 Å². The van der Waals surface area contributed by atoms with Crippen molar-refractivity contribution in [3.8, 4) is 5.75 Å². The standard InChI is InChI=1S/C15H22F2O2/c1-10(2)15(18,9-14(16)17)12-5-7-13(8-6-12)19-11(3)4/h5-8,10-11,14,18H,9H2,1-4H3. The molecule has 1 N–H and O–H groups in total. The summed E-state index contributed by atoms with van der Waals surface area (Å²) in [6.07, 6.45) is -3.05. The minimum absolute atomic E-state index is 0.0518. The maximum Gasteiger partial charge on any atom is 0.241 e. The van der Waals surface area contributed by atoms with Crippen molar-refractivity contribution in [3.63, 3.8) is 0 Å². The van der Waals surface area contributed by atoms with Crippen molar-refractivity contribution in [2.75, 3.05) is 0 Å². The number of hydrogen-bond donors (Lipinski definition) is 1. The molecule has 0 aromatic heterocycles. The van der Waals surface area contributed by atoms with E-state index < -0.39 is 18.4 Å². The zero-order valence-electron chi connectivity index (χ0n) is 11.9. The van der Waals surface area contributed by atoms with E-state index in [4.69, 9.17) is 4.74 Å². The fourth-order valence-corrected chi connectivity index (χ4v) is 2.02. The predicted molar refractivity (Wildman–Crippen MR) is 71.6 cm³/mol. The van der Waals surface area contributed by atoms with Crippen LogP contribution in [0.1, 0.15) is 39.7 Å². The first-order valence-electron chi connectivity index (χ1n) is 6.53. The smallest absolute Gasteiger partial charge is 0.241 e. The van der Waals surface area contributed by atoms with Crippen LogP contribution < -0.4 is 4.74 Å². The van der Waals surface area contributed by atoms with Crippen LogP contribution in [0.25, 0.3) is 0 Å². The Morgan fingerprint density at radius 2 is 1.63 bits per heavy atom. The number of rotatable bonds is 6. The van der Waals surface area contributed by atoms with Crippen molar-refractivity contribution in [1.29, 1.82) is 0 Å². The molecule has 0 aliphatic rings. The Morgan fingerprint density at radius 3 is 2.00 bits per heavy atom. The van der Waals surface area contributed by atoms with Crippen LogP contribution >= 0.6 is 0 Å². The molecule has 0 fully saturated rings. The Balaban J connectivity index is 2.98. The highest BCUT2D eigenvalue weighted by atomic mass is 19.3. The van der Waals surface area contributed by atoms with E-state index in [1.54, 1.807) is 38.1 Å². The highest BCUT2D eigenvalue weighted by Gasteiger charge is 2.36. The van der Waals surface area contributed by atoms with Crippen molar-refractivity contribution in [3.05, 3.63) is 29.8 Å². The summed E-state index contributed by atoms with van der Waals surface area (Å²) in [4.78, 5) is 0. The third-order valence-corrected chi connectivity index (χ3v) is 3.15. The molecule has 1 aromatic carbocycles. The molecule has 0 aliphatic carbocycles. The van der Waals surface area contributed by atoms with E-state index in [-0.39, 0.29) is 12.0 Å². The normalized spacial score (nSPS) is 15.1. The Labute approximate surface area is 113 Å². The monoisotopic (exact) mass is 272 g/mol. The Hall–Kier alpha value is -1.16. The second kappa shape index (κ2) is 6.33.